The summed E-state index contributed by atoms with van der Waals surface area (Å²) < 4.78 is 14.1. The van der Waals surface area contributed by atoms with Crippen molar-refractivity contribution in [2.24, 2.45) is 0 Å². The largest absolute Gasteiger partial charge is 0.398 e. The number of rotatable bonds is 1. The molecule has 0 aliphatic heterocycles. The molecule has 2 N–H and O–H groups in total. The summed E-state index contributed by atoms with van der Waals surface area (Å²) >= 11 is 0. The zero-order chi connectivity index (χ0) is 13.4. The standard InChI is InChI=1S/C17H14FN/c1-11-8-9-14(16(18)10-11)12-4-2-6-15-13(12)5-3-7-17(15)19/h2-10H,19H2,1H3. The molecule has 0 heterocycles. The second-order valence-corrected chi connectivity index (χ2v) is 4.73. The van der Waals surface area contributed by atoms with Crippen LogP contribution in [0.3, 0.4) is 0 Å². The Morgan fingerprint density at radius 3 is 2.37 bits per heavy atom. The van der Waals surface area contributed by atoms with Crippen LogP contribution in [0.2, 0.25) is 0 Å². The maximum absolute atomic E-state index is 14.1. The zero-order valence-electron chi connectivity index (χ0n) is 10.7. The van der Waals surface area contributed by atoms with Gasteiger partial charge in [0.25, 0.3) is 0 Å². The molecule has 0 radical (unpaired) electrons. The molecule has 3 rings (SSSR count). The number of hydrogen-bond donors (Lipinski definition) is 1. The Balaban J connectivity index is 2.34. The maximum Gasteiger partial charge on any atom is 0.131 e. The summed E-state index contributed by atoms with van der Waals surface area (Å²) in [5.74, 6) is -0.199. The Bertz CT molecular complexity index is 762. The summed E-state index contributed by atoms with van der Waals surface area (Å²) in [5.41, 5.74) is 9.09. The van der Waals surface area contributed by atoms with Gasteiger partial charge in [0.15, 0.2) is 0 Å². The van der Waals surface area contributed by atoms with E-state index < -0.39 is 0 Å². The first-order valence-electron chi connectivity index (χ1n) is 6.20. The summed E-state index contributed by atoms with van der Waals surface area (Å²) in [4.78, 5) is 0. The summed E-state index contributed by atoms with van der Waals surface area (Å²) in [7, 11) is 0. The Kier molecular flexibility index (Phi) is 2.71. The van der Waals surface area contributed by atoms with Gasteiger partial charge in [-0.25, -0.2) is 4.39 Å². The van der Waals surface area contributed by atoms with Crippen LogP contribution < -0.4 is 5.73 Å². The minimum Gasteiger partial charge on any atom is -0.398 e. The normalized spacial score (nSPS) is 10.8. The lowest BCUT2D eigenvalue weighted by atomic mass is 9.96. The summed E-state index contributed by atoms with van der Waals surface area (Å²) in [6.07, 6.45) is 0. The molecule has 0 unspecified atom stereocenters. The summed E-state index contributed by atoms with van der Waals surface area (Å²) in [6.45, 7) is 1.88. The second kappa shape index (κ2) is 4.39. The molecule has 0 atom stereocenters. The number of aryl methyl sites for hydroxylation is 1. The highest BCUT2D eigenvalue weighted by molar-refractivity contribution is 6.02. The molecule has 0 aliphatic rings. The first-order valence-corrected chi connectivity index (χ1v) is 6.20. The van der Waals surface area contributed by atoms with E-state index in [9.17, 15) is 4.39 Å². The Labute approximate surface area is 111 Å². The van der Waals surface area contributed by atoms with Gasteiger partial charge in [-0.15, -0.1) is 0 Å². The molecule has 3 aromatic carbocycles. The van der Waals surface area contributed by atoms with Gasteiger partial charge in [-0.1, -0.05) is 42.5 Å². The van der Waals surface area contributed by atoms with E-state index in [1.807, 2.05) is 55.5 Å². The highest BCUT2D eigenvalue weighted by Gasteiger charge is 2.09. The summed E-state index contributed by atoms with van der Waals surface area (Å²) in [6, 6.07) is 16.8. The maximum atomic E-state index is 14.1. The highest BCUT2D eigenvalue weighted by Crippen LogP contribution is 2.32. The van der Waals surface area contributed by atoms with Crippen LogP contribution in [0.5, 0.6) is 0 Å². The molecule has 1 nitrogen and oxygen atoms in total. The fraction of sp³-hybridized carbons (Fsp3) is 0.0588. The Hall–Kier alpha value is -2.35. The predicted molar refractivity (Wildman–Crippen MR) is 78.5 cm³/mol. The number of nitrogens with two attached hydrogens (primary N) is 1. The third-order valence-electron chi connectivity index (χ3n) is 3.37. The second-order valence-electron chi connectivity index (χ2n) is 4.73. The molecule has 0 bridgehead atoms. The van der Waals surface area contributed by atoms with Gasteiger partial charge in [-0.05, 0) is 35.6 Å². The molecule has 0 aromatic heterocycles. The van der Waals surface area contributed by atoms with Crippen molar-refractivity contribution in [1.82, 2.24) is 0 Å². The molecule has 0 amide bonds. The van der Waals surface area contributed by atoms with Gasteiger partial charge >= 0.3 is 0 Å². The van der Waals surface area contributed by atoms with E-state index >= 15 is 0 Å². The van der Waals surface area contributed by atoms with Crippen molar-refractivity contribution in [3.8, 4) is 11.1 Å². The zero-order valence-corrected chi connectivity index (χ0v) is 10.7. The first kappa shape index (κ1) is 11.7. The molecule has 19 heavy (non-hydrogen) atoms. The third-order valence-corrected chi connectivity index (χ3v) is 3.37. The third kappa shape index (κ3) is 1.95. The van der Waals surface area contributed by atoms with Crippen LogP contribution in [0.4, 0.5) is 10.1 Å². The monoisotopic (exact) mass is 251 g/mol. The Morgan fingerprint density at radius 1 is 0.842 bits per heavy atom. The van der Waals surface area contributed by atoms with Crippen LogP contribution in [0.25, 0.3) is 21.9 Å². The number of anilines is 1. The molecular formula is C17H14FN. The van der Waals surface area contributed by atoms with Crippen LogP contribution in [0.1, 0.15) is 5.56 Å². The minimum absolute atomic E-state index is 0.199. The van der Waals surface area contributed by atoms with Gasteiger partial charge in [0.05, 0.1) is 0 Å². The van der Waals surface area contributed by atoms with Crippen molar-refractivity contribution in [3.05, 3.63) is 66.0 Å². The van der Waals surface area contributed by atoms with Crippen LogP contribution in [-0.2, 0) is 0 Å². The highest BCUT2D eigenvalue weighted by atomic mass is 19.1. The molecule has 0 aliphatic carbocycles. The summed E-state index contributed by atoms with van der Waals surface area (Å²) in [5, 5.41) is 1.94. The first-order chi connectivity index (χ1) is 9.16. The van der Waals surface area contributed by atoms with Gasteiger partial charge in [0, 0.05) is 16.6 Å². The number of halogens is 1. The molecule has 0 fully saturated rings. The van der Waals surface area contributed by atoms with E-state index in [4.69, 9.17) is 5.73 Å². The quantitative estimate of drug-likeness (QED) is 0.631. The number of benzene rings is 3. The van der Waals surface area contributed by atoms with Crippen molar-refractivity contribution in [2.75, 3.05) is 5.73 Å². The van der Waals surface area contributed by atoms with Gasteiger partial charge in [-0.3, -0.25) is 0 Å². The van der Waals surface area contributed by atoms with Crippen molar-refractivity contribution in [3.63, 3.8) is 0 Å². The van der Waals surface area contributed by atoms with Gasteiger partial charge in [0.2, 0.25) is 0 Å². The molecule has 94 valence electrons. The molecular weight excluding hydrogens is 237 g/mol. The predicted octanol–water partition coefficient (Wildman–Crippen LogP) is 4.54. The van der Waals surface area contributed by atoms with E-state index in [-0.39, 0.29) is 5.82 Å². The molecule has 3 aromatic rings. The molecule has 0 spiro atoms. The van der Waals surface area contributed by atoms with Crippen LogP contribution in [-0.4, -0.2) is 0 Å². The number of nitrogen functional groups attached to an aromatic ring is 1. The average molecular weight is 251 g/mol. The lowest BCUT2D eigenvalue weighted by Gasteiger charge is -2.10. The van der Waals surface area contributed by atoms with Gasteiger partial charge in [-0.2, -0.15) is 0 Å². The van der Waals surface area contributed by atoms with Crippen molar-refractivity contribution in [1.29, 1.82) is 0 Å². The number of hydrogen-bond acceptors (Lipinski definition) is 1. The van der Waals surface area contributed by atoms with E-state index in [0.29, 0.717) is 11.3 Å². The van der Waals surface area contributed by atoms with E-state index in [2.05, 4.69) is 0 Å². The van der Waals surface area contributed by atoms with E-state index in [1.54, 1.807) is 6.07 Å². The van der Waals surface area contributed by atoms with E-state index in [1.165, 1.54) is 0 Å². The van der Waals surface area contributed by atoms with Gasteiger partial charge < -0.3 is 5.73 Å². The number of fused-ring (bicyclic) bond motifs is 1. The fourth-order valence-corrected chi connectivity index (χ4v) is 2.41. The fourth-order valence-electron chi connectivity index (χ4n) is 2.41. The van der Waals surface area contributed by atoms with Crippen molar-refractivity contribution in [2.45, 2.75) is 6.92 Å². The lowest BCUT2D eigenvalue weighted by Crippen LogP contribution is -1.90. The van der Waals surface area contributed by atoms with Crippen LogP contribution in [0.15, 0.2) is 54.6 Å². The van der Waals surface area contributed by atoms with Gasteiger partial charge in [0.1, 0.15) is 5.82 Å². The lowest BCUT2D eigenvalue weighted by molar-refractivity contribution is 0.630. The van der Waals surface area contributed by atoms with Crippen molar-refractivity contribution < 1.29 is 4.39 Å². The van der Waals surface area contributed by atoms with Crippen LogP contribution in [0, 0.1) is 12.7 Å². The Morgan fingerprint density at radius 2 is 1.58 bits per heavy atom. The van der Waals surface area contributed by atoms with E-state index in [0.717, 1.165) is 21.9 Å². The van der Waals surface area contributed by atoms with Crippen LogP contribution >= 0.6 is 0 Å². The molecule has 2 heteroatoms. The minimum atomic E-state index is -0.199. The smallest absolute Gasteiger partial charge is 0.131 e. The topological polar surface area (TPSA) is 26.0 Å². The molecule has 0 saturated carbocycles. The van der Waals surface area contributed by atoms with Crippen molar-refractivity contribution >= 4 is 16.5 Å². The average Bonchev–Trinajstić information content (AvgIpc) is 2.39. The SMILES string of the molecule is Cc1ccc(-c2cccc3c(N)cccc23)c(F)c1. The molecule has 0 saturated heterocycles.